The van der Waals surface area contributed by atoms with Crippen molar-refractivity contribution in [2.45, 2.75) is 38.8 Å². The molecule has 0 bridgehead atoms. The van der Waals surface area contributed by atoms with Crippen LogP contribution in [0, 0.1) is 13.8 Å². The van der Waals surface area contributed by atoms with E-state index >= 15 is 0 Å². The zero-order valence-corrected chi connectivity index (χ0v) is 13.5. The lowest BCUT2D eigenvalue weighted by atomic mass is 10.0. The van der Waals surface area contributed by atoms with Crippen molar-refractivity contribution < 1.29 is 9.15 Å². The van der Waals surface area contributed by atoms with E-state index in [2.05, 4.69) is 4.98 Å². The van der Waals surface area contributed by atoms with Gasteiger partial charge in [0.2, 0.25) is 0 Å². The lowest BCUT2D eigenvalue weighted by Crippen LogP contribution is -2.19. The van der Waals surface area contributed by atoms with Crippen LogP contribution in [-0.4, -0.2) is 4.98 Å². The second-order valence-corrected chi connectivity index (χ2v) is 6.94. The van der Waals surface area contributed by atoms with Gasteiger partial charge in [0.1, 0.15) is 23.7 Å². The highest BCUT2D eigenvalue weighted by Crippen LogP contribution is 2.48. The Balaban J connectivity index is 1.67. The molecule has 0 saturated heterocycles. The molecular weight excluding hydrogens is 296 g/mol. The number of benzene rings is 1. The molecule has 1 aliphatic carbocycles. The lowest BCUT2D eigenvalue weighted by molar-refractivity contribution is 0.309. The van der Waals surface area contributed by atoms with Gasteiger partial charge >= 0.3 is 0 Å². The number of hydrogen-bond donors (Lipinski definition) is 1. The van der Waals surface area contributed by atoms with Crippen molar-refractivity contribution in [2.75, 3.05) is 0 Å². The van der Waals surface area contributed by atoms with Crippen LogP contribution in [-0.2, 0) is 12.1 Å². The Kier molecular flexibility index (Phi) is 3.03. The smallest absolute Gasteiger partial charge is 0.134 e. The van der Waals surface area contributed by atoms with Crippen LogP contribution in [0.2, 0.25) is 0 Å². The average molecular weight is 314 g/mol. The molecule has 1 saturated carbocycles. The topological polar surface area (TPSA) is 61.3 Å². The Labute approximate surface area is 132 Å². The molecule has 22 heavy (non-hydrogen) atoms. The minimum Gasteiger partial charge on any atom is -0.488 e. The van der Waals surface area contributed by atoms with Crippen molar-refractivity contribution in [3.05, 3.63) is 45.6 Å². The predicted molar refractivity (Wildman–Crippen MR) is 87.2 cm³/mol. The largest absolute Gasteiger partial charge is 0.488 e. The fraction of sp³-hybridized carbons (Fsp3) is 0.353. The fourth-order valence-corrected chi connectivity index (χ4v) is 3.59. The molecule has 1 aromatic carbocycles. The molecule has 0 amide bonds. The first-order valence-corrected chi connectivity index (χ1v) is 8.29. The van der Waals surface area contributed by atoms with Gasteiger partial charge < -0.3 is 14.9 Å². The van der Waals surface area contributed by atoms with Crippen LogP contribution in [0.1, 0.15) is 34.7 Å². The summed E-state index contributed by atoms with van der Waals surface area (Å²) in [4.78, 5) is 5.40. The van der Waals surface area contributed by atoms with Gasteiger partial charge in [-0.25, -0.2) is 4.98 Å². The molecule has 4 rings (SSSR count). The zero-order valence-electron chi connectivity index (χ0n) is 12.7. The second-order valence-electron chi connectivity index (χ2n) is 6.00. The standard InChI is InChI=1S/C17H18N2O2S/c1-10-15(22-9-19-10)8-20-12-3-4-14-13(7-12)16(11(2)21-14)17(18)5-6-17/h3-4,7,9H,5-6,8,18H2,1-2H3. The van der Waals surface area contributed by atoms with Crippen molar-refractivity contribution in [2.24, 2.45) is 5.73 Å². The summed E-state index contributed by atoms with van der Waals surface area (Å²) in [7, 11) is 0. The van der Waals surface area contributed by atoms with Gasteiger partial charge in [-0.05, 0) is 44.9 Å². The molecule has 2 aromatic heterocycles. The first-order chi connectivity index (χ1) is 10.6. The SMILES string of the molecule is Cc1ncsc1COc1ccc2oc(C)c(C3(N)CC3)c2c1. The van der Waals surface area contributed by atoms with E-state index < -0.39 is 0 Å². The number of fused-ring (bicyclic) bond motifs is 1. The van der Waals surface area contributed by atoms with Gasteiger partial charge in [-0.1, -0.05) is 0 Å². The number of nitrogens with zero attached hydrogens (tertiary/aromatic N) is 1. The van der Waals surface area contributed by atoms with Gasteiger partial charge in [-0.3, -0.25) is 0 Å². The minimum absolute atomic E-state index is 0.206. The number of aryl methyl sites for hydroxylation is 2. The highest BCUT2D eigenvalue weighted by atomic mass is 32.1. The van der Waals surface area contributed by atoms with E-state index in [4.69, 9.17) is 14.9 Å². The molecule has 0 radical (unpaired) electrons. The predicted octanol–water partition coefficient (Wildman–Crippen LogP) is 4.03. The molecule has 114 valence electrons. The quantitative estimate of drug-likeness (QED) is 0.789. The number of thiazole rings is 1. The minimum atomic E-state index is -0.206. The Bertz CT molecular complexity index is 846. The van der Waals surface area contributed by atoms with E-state index in [9.17, 15) is 0 Å². The third-order valence-corrected chi connectivity index (χ3v) is 5.25. The lowest BCUT2D eigenvalue weighted by Gasteiger charge is -2.09. The highest BCUT2D eigenvalue weighted by molar-refractivity contribution is 7.09. The molecule has 5 heteroatoms. The van der Waals surface area contributed by atoms with Gasteiger partial charge in [0.15, 0.2) is 0 Å². The van der Waals surface area contributed by atoms with Crippen molar-refractivity contribution in [3.8, 4) is 5.75 Å². The third kappa shape index (κ3) is 2.21. The van der Waals surface area contributed by atoms with Crippen molar-refractivity contribution in [3.63, 3.8) is 0 Å². The van der Waals surface area contributed by atoms with Gasteiger partial charge in [-0.2, -0.15) is 0 Å². The van der Waals surface area contributed by atoms with Crippen LogP contribution in [0.3, 0.4) is 0 Å². The van der Waals surface area contributed by atoms with Crippen LogP contribution in [0.4, 0.5) is 0 Å². The molecular formula is C17H18N2O2S. The summed E-state index contributed by atoms with van der Waals surface area (Å²) < 4.78 is 11.8. The zero-order chi connectivity index (χ0) is 15.3. The van der Waals surface area contributed by atoms with E-state index in [-0.39, 0.29) is 5.54 Å². The van der Waals surface area contributed by atoms with Gasteiger partial charge in [-0.15, -0.1) is 11.3 Å². The summed E-state index contributed by atoms with van der Waals surface area (Å²) in [6, 6.07) is 5.96. The molecule has 2 N–H and O–H groups in total. The van der Waals surface area contributed by atoms with Crippen LogP contribution in [0.15, 0.2) is 28.1 Å². The van der Waals surface area contributed by atoms with Crippen LogP contribution < -0.4 is 10.5 Å². The highest BCUT2D eigenvalue weighted by Gasteiger charge is 2.43. The summed E-state index contributed by atoms with van der Waals surface area (Å²) in [5.41, 5.74) is 11.1. The molecule has 0 unspecified atom stereocenters. The third-order valence-electron chi connectivity index (χ3n) is 4.34. The summed E-state index contributed by atoms with van der Waals surface area (Å²) in [5.74, 6) is 1.76. The van der Waals surface area contributed by atoms with Crippen LogP contribution >= 0.6 is 11.3 Å². The van der Waals surface area contributed by atoms with Crippen LogP contribution in [0.5, 0.6) is 5.75 Å². The number of rotatable bonds is 4. The maximum absolute atomic E-state index is 6.39. The first-order valence-electron chi connectivity index (χ1n) is 7.41. The molecule has 0 aliphatic heterocycles. The molecule has 4 nitrogen and oxygen atoms in total. The van der Waals surface area contributed by atoms with Crippen molar-refractivity contribution in [1.82, 2.24) is 4.98 Å². The van der Waals surface area contributed by atoms with Gasteiger partial charge in [0.05, 0.1) is 16.1 Å². The van der Waals surface area contributed by atoms with Gasteiger partial charge in [0, 0.05) is 16.5 Å². The van der Waals surface area contributed by atoms with E-state index in [1.165, 1.54) is 0 Å². The Hall–Kier alpha value is -1.85. The summed E-state index contributed by atoms with van der Waals surface area (Å²) in [6.45, 7) is 4.53. The first kappa shape index (κ1) is 13.8. The van der Waals surface area contributed by atoms with E-state index in [1.807, 2.05) is 37.6 Å². The molecule has 0 spiro atoms. The molecule has 1 aliphatic rings. The Morgan fingerprint density at radius 1 is 1.36 bits per heavy atom. The maximum atomic E-state index is 6.39. The fourth-order valence-electron chi connectivity index (χ4n) is 2.91. The molecule has 3 aromatic rings. The number of ether oxygens (including phenoxy) is 1. The number of hydrogen-bond acceptors (Lipinski definition) is 5. The van der Waals surface area contributed by atoms with Crippen molar-refractivity contribution >= 4 is 22.3 Å². The average Bonchev–Trinajstić information content (AvgIpc) is 2.94. The number of aromatic nitrogens is 1. The Morgan fingerprint density at radius 2 is 2.18 bits per heavy atom. The molecule has 0 atom stereocenters. The van der Waals surface area contributed by atoms with Gasteiger partial charge in [0.25, 0.3) is 0 Å². The number of furan rings is 1. The summed E-state index contributed by atoms with van der Waals surface area (Å²) in [6.07, 6.45) is 2.04. The summed E-state index contributed by atoms with van der Waals surface area (Å²) in [5, 5.41) is 1.08. The van der Waals surface area contributed by atoms with E-state index in [1.54, 1.807) is 11.3 Å². The van der Waals surface area contributed by atoms with E-state index in [0.29, 0.717) is 6.61 Å². The van der Waals surface area contributed by atoms with E-state index in [0.717, 1.165) is 51.5 Å². The monoisotopic (exact) mass is 314 g/mol. The molecule has 2 heterocycles. The van der Waals surface area contributed by atoms with Crippen LogP contribution in [0.25, 0.3) is 11.0 Å². The van der Waals surface area contributed by atoms with Crippen molar-refractivity contribution in [1.29, 1.82) is 0 Å². The maximum Gasteiger partial charge on any atom is 0.134 e. The molecule has 1 fully saturated rings. The number of nitrogens with two attached hydrogens (primary N) is 1. The normalized spacial score (nSPS) is 16.1. The summed E-state index contributed by atoms with van der Waals surface area (Å²) >= 11 is 1.62. The Morgan fingerprint density at radius 3 is 2.86 bits per heavy atom. The second kappa shape index (κ2) is 4.83.